The first-order valence-corrected chi connectivity index (χ1v) is 8.92. The van der Waals surface area contributed by atoms with Crippen molar-refractivity contribution in [2.24, 2.45) is 5.92 Å². The SMILES string of the molecule is CCNC(CC1CCSCC1)c1ccc(Cl)c(OC)c1. The average molecular weight is 314 g/mol. The molecule has 2 nitrogen and oxygen atoms in total. The molecule has 0 amide bonds. The summed E-state index contributed by atoms with van der Waals surface area (Å²) in [6.45, 7) is 3.15. The van der Waals surface area contributed by atoms with Crippen LogP contribution in [0, 0.1) is 5.92 Å². The van der Waals surface area contributed by atoms with Crippen molar-refractivity contribution in [3.8, 4) is 5.75 Å². The van der Waals surface area contributed by atoms with Crippen molar-refractivity contribution in [3.63, 3.8) is 0 Å². The van der Waals surface area contributed by atoms with Gasteiger partial charge in [-0.15, -0.1) is 0 Å². The van der Waals surface area contributed by atoms with Crippen LogP contribution in [0.25, 0.3) is 0 Å². The fourth-order valence-electron chi connectivity index (χ4n) is 2.79. The Labute approximate surface area is 131 Å². The van der Waals surface area contributed by atoms with Crippen LogP contribution in [-0.4, -0.2) is 25.2 Å². The number of hydrogen-bond donors (Lipinski definition) is 1. The Hall–Kier alpha value is -0.380. The van der Waals surface area contributed by atoms with Crippen LogP contribution >= 0.6 is 23.4 Å². The smallest absolute Gasteiger partial charge is 0.137 e. The van der Waals surface area contributed by atoms with Crippen molar-refractivity contribution in [2.45, 2.75) is 32.2 Å². The van der Waals surface area contributed by atoms with Gasteiger partial charge in [-0.2, -0.15) is 11.8 Å². The molecule has 0 radical (unpaired) electrons. The summed E-state index contributed by atoms with van der Waals surface area (Å²) < 4.78 is 5.34. The van der Waals surface area contributed by atoms with Crippen LogP contribution < -0.4 is 10.1 Å². The van der Waals surface area contributed by atoms with Gasteiger partial charge in [-0.1, -0.05) is 24.6 Å². The fraction of sp³-hybridized carbons (Fsp3) is 0.625. The molecule has 1 heterocycles. The Morgan fingerprint density at radius 1 is 1.40 bits per heavy atom. The van der Waals surface area contributed by atoms with E-state index in [2.05, 4.69) is 36.1 Å². The number of hydrogen-bond acceptors (Lipinski definition) is 3. The molecule has 1 atom stereocenters. The predicted molar refractivity (Wildman–Crippen MR) is 89.1 cm³/mol. The lowest BCUT2D eigenvalue weighted by atomic mass is 9.90. The summed E-state index contributed by atoms with van der Waals surface area (Å²) in [5.41, 5.74) is 1.28. The van der Waals surface area contributed by atoms with Gasteiger partial charge in [0.1, 0.15) is 5.75 Å². The average Bonchev–Trinajstić information content (AvgIpc) is 2.48. The summed E-state index contributed by atoms with van der Waals surface area (Å²) >= 11 is 8.21. The van der Waals surface area contributed by atoms with Gasteiger partial charge in [-0.25, -0.2) is 0 Å². The number of benzene rings is 1. The van der Waals surface area contributed by atoms with E-state index in [0.717, 1.165) is 18.2 Å². The number of ether oxygens (including phenoxy) is 1. The highest BCUT2D eigenvalue weighted by molar-refractivity contribution is 7.99. The number of methoxy groups -OCH3 is 1. The van der Waals surface area contributed by atoms with Crippen LogP contribution in [0.4, 0.5) is 0 Å². The normalized spacial score (nSPS) is 17.9. The summed E-state index contributed by atoms with van der Waals surface area (Å²) in [6.07, 6.45) is 3.90. The van der Waals surface area contributed by atoms with Gasteiger partial charge in [-0.05, 0) is 60.9 Å². The van der Waals surface area contributed by atoms with E-state index >= 15 is 0 Å². The van der Waals surface area contributed by atoms with E-state index < -0.39 is 0 Å². The molecule has 0 saturated carbocycles. The number of halogens is 1. The van der Waals surface area contributed by atoms with Gasteiger partial charge in [0, 0.05) is 6.04 Å². The molecule has 1 unspecified atom stereocenters. The second kappa shape index (κ2) is 8.16. The summed E-state index contributed by atoms with van der Waals surface area (Å²) in [4.78, 5) is 0. The zero-order chi connectivity index (χ0) is 14.4. The summed E-state index contributed by atoms with van der Waals surface area (Å²) in [5, 5.41) is 4.29. The fourth-order valence-corrected chi connectivity index (χ4v) is 4.19. The number of thioether (sulfide) groups is 1. The lowest BCUT2D eigenvalue weighted by Gasteiger charge is -2.27. The number of nitrogens with one attached hydrogen (secondary N) is 1. The molecular weight excluding hydrogens is 290 g/mol. The second-order valence-electron chi connectivity index (χ2n) is 5.30. The molecule has 1 aromatic rings. The van der Waals surface area contributed by atoms with Crippen molar-refractivity contribution >= 4 is 23.4 Å². The quantitative estimate of drug-likeness (QED) is 0.833. The van der Waals surface area contributed by atoms with Crippen molar-refractivity contribution < 1.29 is 4.74 Å². The molecule has 0 aliphatic carbocycles. The molecule has 1 fully saturated rings. The monoisotopic (exact) mass is 313 g/mol. The molecule has 4 heteroatoms. The minimum Gasteiger partial charge on any atom is -0.495 e. The van der Waals surface area contributed by atoms with E-state index in [0.29, 0.717) is 11.1 Å². The summed E-state index contributed by atoms with van der Waals surface area (Å²) in [7, 11) is 1.67. The minimum atomic E-state index is 0.402. The lowest BCUT2D eigenvalue weighted by molar-refractivity contribution is 0.372. The third-order valence-electron chi connectivity index (χ3n) is 3.94. The van der Waals surface area contributed by atoms with Crippen molar-refractivity contribution in [3.05, 3.63) is 28.8 Å². The molecule has 0 aromatic heterocycles. The zero-order valence-corrected chi connectivity index (χ0v) is 13.9. The topological polar surface area (TPSA) is 21.3 Å². The highest BCUT2D eigenvalue weighted by atomic mass is 35.5. The van der Waals surface area contributed by atoms with Crippen LogP contribution in [-0.2, 0) is 0 Å². The van der Waals surface area contributed by atoms with Crippen LogP contribution in [0.3, 0.4) is 0 Å². The highest BCUT2D eigenvalue weighted by Gasteiger charge is 2.20. The van der Waals surface area contributed by atoms with E-state index in [1.165, 1.54) is 36.3 Å². The lowest BCUT2D eigenvalue weighted by Crippen LogP contribution is -2.25. The first kappa shape index (κ1) is 16.0. The van der Waals surface area contributed by atoms with E-state index in [-0.39, 0.29) is 0 Å². The van der Waals surface area contributed by atoms with Gasteiger partial charge in [0.2, 0.25) is 0 Å². The second-order valence-corrected chi connectivity index (χ2v) is 6.93. The maximum absolute atomic E-state index is 6.12. The molecule has 2 rings (SSSR count). The van der Waals surface area contributed by atoms with Gasteiger partial charge in [0.15, 0.2) is 0 Å². The molecule has 20 heavy (non-hydrogen) atoms. The zero-order valence-electron chi connectivity index (χ0n) is 12.3. The third-order valence-corrected chi connectivity index (χ3v) is 5.30. The molecular formula is C16H24ClNOS. The standard InChI is InChI=1S/C16H24ClNOS/c1-3-18-15(10-12-6-8-20-9-7-12)13-4-5-14(17)16(11-13)19-2/h4-5,11-12,15,18H,3,6-10H2,1-2H3. The Kier molecular flexibility index (Phi) is 6.53. The van der Waals surface area contributed by atoms with E-state index in [1.807, 2.05) is 6.07 Å². The van der Waals surface area contributed by atoms with Crippen molar-refractivity contribution in [1.82, 2.24) is 5.32 Å². The Bertz CT molecular complexity index is 421. The van der Waals surface area contributed by atoms with Crippen LogP contribution in [0.15, 0.2) is 18.2 Å². The summed E-state index contributed by atoms with van der Waals surface area (Å²) in [5.74, 6) is 4.23. The van der Waals surface area contributed by atoms with E-state index in [9.17, 15) is 0 Å². The van der Waals surface area contributed by atoms with Gasteiger partial charge < -0.3 is 10.1 Å². The number of rotatable bonds is 6. The molecule has 1 aliphatic rings. The molecule has 1 saturated heterocycles. The van der Waals surface area contributed by atoms with E-state index in [4.69, 9.17) is 16.3 Å². The van der Waals surface area contributed by atoms with Crippen molar-refractivity contribution in [2.75, 3.05) is 25.2 Å². The summed E-state index contributed by atoms with van der Waals surface area (Å²) in [6, 6.07) is 6.54. The van der Waals surface area contributed by atoms with Gasteiger partial charge in [0.25, 0.3) is 0 Å². The molecule has 0 bridgehead atoms. The maximum Gasteiger partial charge on any atom is 0.137 e. The molecule has 1 aromatic carbocycles. The molecule has 1 aliphatic heterocycles. The molecule has 0 spiro atoms. The molecule has 112 valence electrons. The van der Waals surface area contributed by atoms with Crippen LogP contribution in [0.1, 0.15) is 37.8 Å². The van der Waals surface area contributed by atoms with Crippen LogP contribution in [0.5, 0.6) is 5.75 Å². The van der Waals surface area contributed by atoms with Crippen molar-refractivity contribution in [1.29, 1.82) is 0 Å². The van der Waals surface area contributed by atoms with Crippen LogP contribution in [0.2, 0.25) is 5.02 Å². The first-order valence-electron chi connectivity index (χ1n) is 7.39. The minimum absolute atomic E-state index is 0.402. The maximum atomic E-state index is 6.12. The Morgan fingerprint density at radius 3 is 2.80 bits per heavy atom. The highest BCUT2D eigenvalue weighted by Crippen LogP contribution is 2.33. The van der Waals surface area contributed by atoms with E-state index in [1.54, 1.807) is 7.11 Å². The molecule has 1 N–H and O–H groups in total. The third kappa shape index (κ3) is 4.31. The Morgan fingerprint density at radius 2 is 2.15 bits per heavy atom. The van der Waals surface area contributed by atoms with Gasteiger partial charge in [0.05, 0.1) is 12.1 Å². The largest absolute Gasteiger partial charge is 0.495 e. The predicted octanol–water partition coefficient (Wildman–Crippen LogP) is 4.53. The first-order chi connectivity index (χ1) is 9.74. The van der Waals surface area contributed by atoms with Gasteiger partial charge in [-0.3, -0.25) is 0 Å². The Balaban J connectivity index is 2.10. The van der Waals surface area contributed by atoms with Gasteiger partial charge >= 0.3 is 0 Å².